The Labute approximate surface area is 415 Å². The van der Waals surface area contributed by atoms with Crippen LogP contribution < -0.4 is 25.2 Å². The highest BCUT2D eigenvalue weighted by Gasteiger charge is 2.51. The molecule has 2 saturated heterocycles. The van der Waals surface area contributed by atoms with Crippen molar-refractivity contribution >= 4 is 63.7 Å². The van der Waals surface area contributed by atoms with E-state index in [0.29, 0.717) is 19.5 Å². The summed E-state index contributed by atoms with van der Waals surface area (Å²) >= 11 is 7.17. The van der Waals surface area contributed by atoms with Gasteiger partial charge in [-0.25, -0.2) is 18.2 Å². The zero-order valence-electron chi connectivity index (χ0n) is 40.2. The molecule has 0 saturated carbocycles. The molecule has 0 unspecified atom stereocenters. The average molecular weight is 1010 g/mol. The van der Waals surface area contributed by atoms with Gasteiger partial charge in [-0.2, -0.15) is 5.26 Å². The van der Waals surface area contributed by atoms with Gasteiger partial charge in [0, 0.05) is 30.4 Å². The van der Waals surface area contributed by atoms with Crippen LogP contribution in [0.1, 0.15) is 76.8 Å². The Morgan fingerprint density at radius 1 is 0.971 bits per heavy atom. The molecule has 15 nitrogen and oxygen atoms in total. The summed E-state index contributed by atoms with van der Waals surface area (Å²) in [7, 11) is 0. The minimum absolute atomic E-state index is 0.00625. The third kappa shape index (κ3) is 12.7. The lowest BCUT2D eigenvalue weighted by Gasteiger charge is -2.35. The SMILES string of the molecule is Cc1ncsc1-c1ccc(CNC(=O)[C@@H]2C[C@@H](C)CN2C(=O)[C@@H](NC(=O)COCCOCCOCCOc2ccc(N3C(=S)N(c4ccc(C#N)c(C(F)F)c4)C(=O)C3(C)C)cc2F)C(C)(C)C)cc1. The Morgan fingerprint density at radius 3 is 2.24 bits per heavy atom. The van der Waals surface area contributed by atoms with Crippen molar-refractivity contribution in [3.63, 3.8) is 0 Å². The van der Waals surface area contributed by atoms with E-state index in [0.717, 1.165) is 38.7 Å². The number of rotatable bonds is 21. The third-order valence-corrected chi connectivity index (χ3v) is 13.2. The molecule has 2 aliphatic heterocycles. The summed E-state index contributed by atoms with van der Waals surface area (Å²) in [5.41, 5.74) is 2.33. The van der Waals surface area contributed by atoms with E-state index in [4.69, 9.17) is 31.2 Å². The Kier molecular flexibility index (Phi) is 17.8. The lowest BCUT2D eigenvalue weighted by atomic mass is 9.85. The zero-order chi connectivity index (χ0) is 50.9. The van der Waals surface area contributed by atoms with Crippen molar-refractivity contribution in [1.82, 2.24) is 20.5 Å². The Morgan fingerprint density at radius 2 is 1.63 bits per heavy atom. The molecule has 2 aliphatic rings. The van der Waals surface area contributed by atoms with E-state index in [1.165, 1.54) is 29.2 Å². The number of anilines is 2. The number of nitrogens with one attached hydrogen (secondary N) is 2. The largest absolute Gasteiger partial charge is 0.488 e. The van der Waals surface area contributed by atoms with Crippen molar-refractivity contribution in [2.24, 2.45) is 11.3 Å². The van der Waals surface area contributed by atoms with Crippen LogP contribution in [0.5, 0.6) is 5.75 Å². The average Bonchev–Trinajstić information content (AvgIpc) is 3.98. The second-order valence-corrected chi connectivity index (χ2v) is 19.9. The number of amides is 4. The van der Waals surface area contributed by atoms with E-state index in [2.05, 4.69) is 15.6 Å². The van der Waals surface area contributed by atoms with Crippen molar-refractivity contribution in [2.45, 2.75) is 85.5 Å². The van der Waals surface area contributed by atoms with Gasteiger partial charge in [0.15, 0.2) is 16.7 Å². The molecule has 0 spiro atoms. The van der Waals surface area contributed by atoms with Crippen LogP contribution in [-0.4, -0.2) is 109 Å². The number of ether oxygens (including phenoxy) is 4. The molecular weight excluding hydrogens is 948 g/mol. The maximum absolute atomic E-state index is 15.3. The summed E-state index contributed by atoms with van der Waals surface area (Å²) in [5.74, 6) is -2.30. The number of aromatic nitrogens is 1. The highest BCUT2D eigenvalue weighted by Crippen LogP contribution is 2.39. The fourth-order valence-corrected chi connectivity index (χ4v) is 9.54. The van der Waals surface area contributed by atoms with Gasteiger partial charge in [0.2, 0.25) is 17.7 Å². The summed E-state index contributed by atoms with van der Waals surface area (Å²) in [5, 5.41) is 15.0. The number of hydrogen-bond donors (Lipinski definition) is 2. The molecule has 20 heteroatoms. The van der Waals surface area contributed by atoms with Gasteiger partial charge in [-0.15, -0.1) is 11.3 Å². The predicted molar refractivity (Wildman–Crippen MR) is 262 cm³/mol. The molecule has 1 aromatic heterocycles. The first-order valence-electron chi connectivity index (χ1n) is 22.8. The third-order valence-electron chi connectivity index (χ3n) is 11.9. The topological polar surface area (TPSA) is 176 Å². The lowest BCUT2D eigenvalue weighted by Crippen LogP contribution is -2.58. The molecule has 6 rings (SSSR count). The van der Waals surface area contributed by atoms with Gasteiger partial charge >= 0.3 is 0 Å². The van der Waals surface area contributed by atoms with E-state index in [-0.39, 0.29) is 91.8 Å². The maximum atomic E-state index is 15.3. The number of alkyl halides is 2. The molecule has 0 radical (unpaired) electrons. The zero-order valence-corrected chi connectivity index (χ0v) is 41.8. The minimum Gasteiger partial charge on any atom is -0.488 e. The number of nitriles is 1. The van der Waals surface area contributed by atoms with Crippen molar-refractivity contribution in [3.05, 3.63) is 94.4 Å². The first-order valence-corrected chi connectivity index (χ1v) is 24.0. The predicted octanol–water partition coefficient (Wildman–Crippen LogP) is 7.50. The first kappa shape index (κ1) is 53.4. The number of carbonyl (C=O) groups is 4. The van der Waals surface area contributed by atoms with E-state index < -0.39 is 52.7 Å². The molecule has 0 aliphatic carbocycles. The van der Waals surface area contributed by atoms with Crippen LogP contribution in [0.25, 0.3) is 10.4 Å². The number of nitrogens with zero attached hydrogens (tertiary/aromatic N) is 5. The van der Waals surface area contributed by atoms with Crippen molar-refractivity contribution in [3.8, 4) is 22.3 Å². The lowest BCUT2D eigenvalue weighted by molar-refractivity contribution is -0.144. The second kappa shape index (κ2) is 23.3. The maximum Gasteiger partial charge on any atom is 0.265 e. The Bertz CT molecular complexity index is 2580. The summed E-state index contributed by atoms with van der Waals surface area (Å²) < 4.78 is 64.8. The van der Waals surface area contributed by atoms with Crippen LogP contribution in [-0.2, 0) is 39.9 Å². The van der Waals surface area contributed by atoms with E-state index >= 15 is 4.39 Å². The van der Waals surface area contributed by atoms with Gasteiger partial charge in [-0.3, -0.25) is 24.1 Å². The highest BCUT2D eigenvalue weighted by molar-refractivity contribution is 7.81. The van der Waals surface area contributed by atoms with Crippen molar-refractivity contribution in [1.29, 1.82) is 5.26 Å². The molecule has 3 aromatic carbocycles. The standard InChI is InChI=1S/C50H58F3N7O8S2/c1-30-22-39(45(62)55-26-32-8-10-33(11-9-32)42-31(2)56-29-70-42)58(27-30)46(63)43(49(3,4)5)57-41(61)28-67-19-18-65-16-17-66-20-21-68-40-15-14-36(24-38(40)51)60-48(69)59(47(64)50(60,6)7)35-13-12-34(25-54)37(23-35)44(52)53/h8-15,23-24,29-30,39,43-44H,16-22,26-28H2,1-7H3,(H,55,62)(H,57,61)/t30-,39+,43-/m1/s1. The molecule has 4 aromatic rings. The fraction of sp³-hybridized carbons (Fsp3) is 0.460. The van der Waals surface area contributed by atoms with Gasteiger partial charge in [-0.05, 0) is 92.2 Å². The number of hydrogen-bond acceptors (Lipinski definition) is 12. The molecule has 374 valence electrons. The molecule has 2 fully saturated rings. The fourth-order valence-electron chi connectivity index (χ4n) is 8.20. The first-order chi connectivity index (χ1) is 33.2. The van der Waals surface area contributed by atoms with Crippen LogP contribution in [0.4, 0.5) is 24.5 Å². The Balaban J connectivity index is 0.875. The Hall–Kier alpha value is -5.98. The molecular formula is C50H58F3N7O8S2. The van der Waals surface area contributed by atoms with Crippen LogP contribution in [0, 0.1) is 35.4 Å². The summed E-state index contributed by atoms with van der Waals surface area (Å²) in [6.07, 6.45) is -2.45. The summed E-state index contributed by atoms with van der Waals surface area (Å²) in [6.45, 7) is 13.8. The monoisotopic (exact) mass is 1010 g/mol. The number of benzene rings is 3. The van der Waals surface area contributed by atoms with Crippen molar-refractivity contribution in [2.75, 3.05) is 62.6 Å². The number of aryl methyl sites for hydroxylation is 1. The summed E-state index contributed by atoms with van der Waals surface area (Å²) in [6, 6.07) is 15.8. The quantitative estimate of drug-likeness (QED) is 0.0623. The molecule has 3 heterocycles. The van der Waals surface area contributed by atoms with Crippen LogP contribution >= 0.6 is 23.6 Å². The van der Waals surface area contributed by atoms with Gasteiger partial charge in [0.1, 0.15) is 30.8 Å². The number of thiocarbonyl (C=S) groups is 1. The molecule has 3 atom stereocenters. The van der Waals surface area contributed by atoms with Gasteiger partial charge in [-0.1, -0.05) is 52.0 Å². The molecule has 0 bridgehead atoms. The van der Waals surface area contributed by atoms with E-state index in [1.54, 1.807) is 36.2 Å². The van der Waals surface area contributed by atoms with E-state index in [1.807, 2.05) is 64.4 Å². The van der Waals surface area contributed by atoms with Crippen LogP contribution in [0.3, 0.4) is 0 Å². The summed E-state index contributed by atoms with van der Waals surface area (Å²) in [4.78, 5) is 63.6. The number of halogens is 3. The van der Waals surface area contributed by atoms with Crippen molar-refractivity contribution < 1.29 is 51.3 Å². The molecule has 2 N–H and O–H groups in total. The van der Waals surface area contributed by atoms with Gasteiger partial charge in [0.25, 0.3) is 12.3 Å². The van der Waals surface area contributed by atoms with Gasteiger partial charge in [0.05, 0.1) is 66.4 Å². The molecule has 70 heavy (non-hydrogen) atoms. The second-order valence-electron chi connectivity index (χ2n) is 18.6. The smallest absolute Gasteiger partial charge is 0.265 e. The number of thiazole rings is 1. The number of carbonyl (C=O) groups excluding carboxylic acids is 4. The minimum atomic E-state index is -2.95. The molecule has 4 amide bonds. The van der Waals surface area contributed by atoms with Gasteiger partial charge < -0.3 is 39.4 Å². The number of likely N-dealkylation sites (tertiary alicyclic amines) is 1. The van der Waals surface area contributed by atoms with Crippen LogP contribution in [0.2, 0.25) is 0 Å². The normalized spacial score (nSPS) is 17.3. The van der Waals surface area contributed by atoms with Crippen LogP contribution in [0.15, 0.2) is 66.2 Å². The van der Waals surface area contributed by atoms with E-state index in [9.17, 15) is 33.2 Å². The highest BCUT2D eigenvalue weighted by atomic mass is 32.1.